The van der Waals surface area contributed by atoms with Crippen LogP contribution in [-0.4, -0.2) is 24.8 Å². The first-order valence-electron chi connectivity index (χ1n) is 6.27. The predicted octanol–water partition coefficient (Wildman–Crippen LogP) is 3.28. The normalized spacial score (nSPS) is 15.9. The number of Topliss-reactive ketones (excluding diaryl/α,β-unsaturated/α-hetero) is 1. The van der Waals surface area contributed by atoms with Crippen LogP contribution in [0.2, 0.25) is 0 Å². The van der Waals surface area contributed by atoms with E-state index in [1.165, 1.54) is 11.3 Å². The highest BCUT2D eigenvalue weighted by atomic mass is 16.1. The van der Waals surface area contributed by atoms with Crippen molar-refractivity contribution in [3.63, 3.8) is 0 Å². The molecule has 0 amide bonds. The highest BCUT2D eigenvalue weighted by Crippen LogP contribution is 2.27. The Morgan fingerprint density at radius 3 is 2.44 bits per heavy atom. The molecule has 1 atom stereocenters. The summed E-state index contributed by atoms with van der Waals surface area (Å²) in [6, 6.07) is 9.52. The fraction of sp³-hybridized carbons (Fsp3) is 0.312. The number of hydrogen-bond donors (Lipinski definition) is 0. The first-order valence-corrected chi connectivity index (χ1v) is 6.27. The predicted molar refractivity (Wildman–Crippen MR) is 74.4 cm³/mol. The van der Waals surface area contributed by atoms with E-state index in [4.69, 9.17) is 0 Å². The molecule has 18 heavy (non-hydrogen) atoms. The van der Waals surface area contributed by atoms with Crippen LogP contribution in [0.15, 0.2) is 53.8 Å². The highest BCUT2D eigenvalue weighted by Gasteiger charge is 2.21. The number of rotatable bonds is 4. The lowest BCUT2D eigenvalue weighted by Gasteiger charge is -2.13. The maximum atomic E-state index is 12.3. The van der Waals surface area contributed by atoms with Gasteiger partial charge in [0, 0.05) is 31.3 Å². The zero-order valence-corrected chi connectivity index (χ0v) is 11.2. The van der Waals surface area contributed by atoms with E-state index in [2.05, 4.69) is 17.1 Å². The minimum absolute atomic E-state index is 0.0406. The van der Waals surface area contributed by atoms with Gasteiger partial charge in [-0.1, -0.05) is 48.9 Å². The molecular weight excluding hydrogens is 222 g/mol. The molecule has 0 saturated heterocycles. The summed E-state index contributed by atoms with van der Waals surface area (Å²) in [6.07, 6.45) is 5.18. The third-order valence-electron chi connectivity index (χ3n) is 3.40. The molecule has 0 spiro atoms. The van der Waals surface area contributed by atoms with Crippen molar-refractivity contribution in [2.45, 2.75) is 13.3 Å². The minimum atomic E-state index is -0.0406. The quantitative estimate of drug-likeness (QED) is 0.754. The topological polar surface area (TPSA) is 20.3 Å². The van der Waals surface area contributed by atoms with Crippen molar-refractivity contribution in [2.75, 3.05) is 14.1 Å². The molecule has 0 aliphatic heterocycles. The van der Waals surface area contributed by atoms with Crippen LogP contribution in [0.3, 0.4) is 0 Å². The van der Waals surface area contributed by atoms with E-state index in [0.29, 0.717) is 0 Å². The fourth-order valence-electron chi connectivity index (χ4n) is 2.16. The lowest BCUT2D eigenvalue weighted by atomic mass is 9.91. The van der Waals surface area contributed by atoms with Crippen molar-refractivity contribution in [1.29, 1.82) is 0 Å². The average Bonchev–Trinajstić information content (AvgIpc) is 2.88. The molecule has 2 heteroatoms. The van der Waals surface area contributed by atoms with Crippen LogP contribution in [0.1, 0.15) is 23.7 Å². The molecule has 94 valence electrons. The van der Waals surface area contributed by atoms with Gasteiger partial charge in [-0.25, -0.2) is 0 Å². The number of hydrogen-bond acceptors (Lipinski definition) is 2. The Labute approximate surface area is 109 Å². The van der Waals surface area contributed by atoms with E-state index in [9.17, 15) is 4.79 Å². The van der Waals surface area contributed by atoms with E-state index in [1.807, 2.05) is 51.4 Å². The van der Waals surface area contributed by atoms with Crippen LogP contribution >= 0.6 is 0 Å². The molecule has 1 unspecified atom stereocenters. The lowest BCUT2D eigenvalue weighted by Crippen LogP contribution is -2.13. The van der Waals surface area contributed by atoms with Crippen molar-refractivity contribution < 1.29 is 4.79 Å². The summed E-state index contributed by atoms with van der Waals surface area (Å²) in [5.41, 5.74) is 3.19. The van der Waals surface area contributed by atoms with Crippen molar-refractivity contribution in [1.82, 2.24) is 4.90 Å². The largest absolute Gasteiger partial charge is 0.378 e. The van der Waals surface area contributed by atoms with Crippen LogP contribution in [0.25, 0.3) is 0 Å². The first kappa shape index (κ1) is 12.6. The molecule has 1 aliphatic carbocycles. The lowest BCUT2D eigenvalue weighted by molar-refractivity contribution is 0.0947. The van der Waals surface area contributed by atoms with Crippen LogP contribution in [0.5, 0.6) is 0 Å². The van der Waals surface area contributed by atoms with Gasteiger partial charge in [-0.05, 0) is 12.5 Å². The maximum Gasteiger partial charge on any atom is 0.169 e. The molecule has 1 aliphatic rings. The van der Waals surface area contributed by atoms with Gasteiger partial charge in [0.25, 0.3) is 0 Å². The van der Waals surface area contributed by atoms with Crippen molar-refractivity contribution in [3.05, 3.63) is 59.3 Å². The molecule has 1 aromatic rings. The fourth-order valence-corrected chi connectivity index (χ4v) is 2.16. The van der Waals surface area contributed by atoms with Crippen LogP contribution in [0, 0.1) is 5.92 Å². The Morgan fingerprint density at radius 1 is 1.22 bits per heavy atom. The second-order valence-corrected chi connectivity index (χ2v) is 4.90. The summed E-state index contributed by atoms with van der Waals surface area (Å²) in [5.74, 6) is 0.163. The Balaban J connectivity index is 2.13. The van der Waals surface area contributed by atoms with Gasteiger partial charge >= 0.3 is 0 Å². The number of nitrogens with zero attached hydrogens (tertiary/aromatic N) is 1. The molecule has 0 heterocycles. The molecule has 0 aromatic heterocycles. The Morgan fingerprint density at radius 2 is 1.89 bits per heavy atom. The maximum absolute atomic E-state index is 12.3. The summed E-state index contributed by atoms with van der Waals surface area (Å²) in [7, 11) is 4.05. The molecule has 0 saturated carbocycles. The summed E-state index contributed by atoms with van der Waals surface area (Å²) < 4.78 is 0. The van der Waals surface area contributed by atoms with Gasteiger partial charge in [0.1, 0.15) is 0 Å². The zero-order valence-electron chi connectivity index (χ0n) is 11.2. The van der Waals surface area contributed by atoms with Crippen LogP contribution in [0.4, 0.5) is 0 Å². The van der Waals surface area contributed by atoms with Gasteiger partial charge in [-0.3, -0.25) is 4.79 Å². The van der Waals surface area contributed by atoms with Gasteiger partial charge in [0.2, 0.25) is 0 Å². The number of benzene rings is 1. The molecule has 2 nitrogen and oxygen atoms in total. The van der Waals surface area contributed by atoms with E-state index >= 15 is 0 Å². The van der Waals surface area contributed by atoms with Gasteiger partial charge < -0.3 is 4.90 Å². The monoisotopic (exact) mass is 241 g/mol. The molecule has 0 N–H and O–H groups in total. The standard InChI is InChI=1S/C16H19NO/c1-12(14-9-10-15(11-14)17(2)3)16(18)13-7-5-4-6-8-13/h4-8,10-12H,9H2,1-3H3. The van der Waals surface area contributed by atoms with E-state index in [0.717, 1.165) is 12.0 Å². The van der Waals surface area contributed by atoms with Crippen LogP contribution in [-0.2, 0) is 0 Å². The molecular formula is C16H19NO. The average molecular weight is 241 g/mol. The third-order valence-corrected chi connectivity index (χ3v) is 3.40. The molecule has 0 fully saturated rings. The summed E-state index contributed by atoms with van der Waals surface area (Å²) >= 11 is 0. The number of likely N-dealkylation sites (N-methyl/N-ethyl adjacent to an activating group) is 1. The summed E-state index contributed by atoms with van der Waals surface area (Å²) in [5, 5.41) is 0. The summed E-state index contributed by atoms with van der Waals surface area (Å²) in [4.78, 5) is 14.4. The minimum Gasteiger partial charge on any atom is -0.378 e. The second-order valence-electron chi connectivity index (χ2n) is 4.90. The van der Waals surface area contributed by atoms with Crippen molar-refractivity contribution in [3.8, 4) is 0 Å². The van der Waals surface area contributed by atoms with Crippen LogP contribution < -0.4 is 0 Å². The molecule has 2 rings (SSSR count). The number of ketones is 1. The first-order chi connectivity index (χ1) is 8.59. The molecule has 1 aromatic carbocycles. The van der Waals surface area contributed by atoms with Gasteiger partial charge in [-0.15, -0.1) is 0 Å². The van der Waals surface area contributed by atoms with E-state index < -0.39 is 0 Å². The van der Waals surface area contributed by atoms with Gasteiger partial charge in [0.15, 0.2) is 5.78 Å². The zero-order chi connectivity index (χ0) is 13.1. The Kier molecular flexibility index (Phi) is 3.66. The Bertz CT molecular complexity index is 497. The SMILES string of the molecule is CC(C(=O)c1ccccc1)C1=CC(N(C)C)=CC1. The number of carbonyl (C=O) groups excluding carboxylic acids is 1. The number of allylic oxidation sites excluding steroid dienone is 3. The smallest absolute Gasteiger partial charge is 0.169 e. The van der Waals surface area contributed by atoms with E-state index in [1.54, 1.807) is 0 Å². The summed E-state index contributed by atoms with van der Waals surface area (Å²) in [6.45, 7) is 1.99. The van der Waals surface area contributed by atoms with Gasteiger partial charge in [0.05, 0.1) is 0 Å². The van der Waals surface area contributed by atoms with E-state index in [-0.39, 0.29) is 11.7 Å². The van der Waals surface area contributed by atoms with Gasteiger partial charge in [-0.2, -0.15) is 0 Å². The highest BCUT2D eigenvalue weighted by molar-refractivity contribution is 5.99. The second kappa shape index (κ2) is 5.21. The molecule has 0 bridgehead atoms. The number of carbonyl (C=O) groups is 1. The van der Waals surface area contributed by atoms with Crippen molar-refractivity contribution >= 4 is 5.78 Å². The molecule has 0 radical (unpaired) electrons. The Hall–Kier alpha value is -1.83. The van der Waals surface area contributed by atoms with Crippen molar-refractivity contribution in [2.24, 2.45) is 5.92 Å². The third kappa shape index (κ3) is 2.53.